The van der Waals surface area contributed by atoms with Crippen LogP contribution in [-0.4, -0.2) is 4.98 Å². The van der Waals surface area contributed by atoms with Gasteiger partial charge >= 0.3 is 0 Å². The van der Waals surface area contributed by atoms with Crippen molar-refractivity contribution in [2.75, 3.05) is 5.73 Å². The second kappa shape index (κ2) is 3.18. The maximum atomic E-state index is 12.8. The highest BCUT2D eigenvalue weighted by atomic mass is 35.5. The third-order valence-electron chi connectivity index (χ3n) is 1.26. The Hall–Kier alpha value is -0.970. The van der Waals surface area contributed by atoms with Crippen molar-refractivity contribution in [3.05, 3.63) is 22.7 Å². The number of alkyl halides is 2. The Bertz CT molecular complexity index is 303. The smallest absolute Gasteiger partial charge is 0.268 e. The standard InChI is InChI=1S/C6H4ClF3N2/c7-5-4(8)3(6(9)10)2(11)1-12-5/h1,6H,11H2. The van der Waals surface area contributed by atoms with Gasteiger partial charge in [-0.3, -0.25) is 0 Å². The van der Waals surface area contributed by atoms with Crippen molar-refractivity contribution in [1.29, 1.82) is 0 Å². The van der Waals surface area contributed by atoms with Gasteiger partial charge in [-0.25, -0.2) is 18.2 Å². The Kier molecular flexibility index (Phi) is 2.42. The first-order valence-electron chi connectivity index (χ1n) is 2.91. The average molecular weight is 197 g/mol. The van der Waals surface area contributed by atoms with Gasteiger partial charge in [-0.1, -0.05) is 11.6 Å². The normalized spacial score (nSPS) is 10.8. The van der Waals surface area contributed by atoms with Crippen molar-refractivity contribution in [2.24, 2.45) is 0 Å². The highest BCUT2D eigenvalue weighted by molar-refractivity contribution is 6.29. The van der Waals surface area contributed by atoms with Crippen molar-refractivity contribution < 1.29 is 13.2 Å². The summed E-state index contributed by atoms with van der Waals surface area (Å²) in [6.07, 6.45) is -2.09. The van der Waals surface area contributed by atoms with Crippen molar-refractivity contribution in [3.63, 3.8) is 0 Å². The molecule has 0 saturated carbocycles. The molecule has 0 radical (unpaired) electrons. The lowest BCUT2D eigenvalue weighted by Gasteiger charge is -2.05. The molecular weight excluding hydrogens is 193 g/mol. The number of pyridine rings is 1. The van der Waals surface area contributed by atoms with Crippen molar-refractivity contribution in [2.45, 2.75) is 6.43 Å². The molecule has 0 spiro atoms. The van der Waals surface area contributed by atoms with E-state index in [1.54, 1.807) is 0 Å². The zero-order chi connectivity index (χ0) is 9.30. The van der Waals surface area contributed by atoms with E-state index in [9.17, 15) is 13.2 Å². The zero-order valence-electron chi connectivity index (χ0n) is 5.69. The maximum Gasteiger partial charge on any atom is 0.268 e. The van der Waals surface area contributed by atoms with Crippen LogP contribution >= 0.6 is 11.6 Å². The number of hydrogen-bond donors (Lipinski definition) is 1. The predicted molar refractivity (Wildman–Crippen MR) is 38.6 cm³/mol. The number of anilines is 1. The number of hydrogen-bond acceptors (Lipinski definition) is 2. The van der Waals surface area contributed by atoms with Crippen molar-refractivity contribution in [1.82, 2.24) is 4.98 Å². The molecule has 2 N–H and O–H groups in total. The van der Waals surface area contributed by atoms with Crippen LogP contribution in [0.1, 0.15) is 12.0 Å². The highest BCUT2D eigenvalue weighted by Crippen LogP contribution is 2.29. The lowest BCUT2D eigenvalue weighted by molar-refractivity contribution is 0.147. The fourth-order valence-corrected chi connectivity index (χ4v) is 0.863. The van der Waals surface area contributed by atoms with Crippen LogP contribution in [0, 0.1) is 5.82 Å². The first-order chi connectivity index (χ1) is 5.54. The molecule has 1 aromatic heterocycles. The molecule has 0 aromatic carbocycles. The molecule has 0 bridgehead atoms. The first-order valence-corrected chi connectivity index (χ1v) is 3.29. The van der Waals surface area contributed by atoms with E-state index in [2.05, 4.69) is 4.98 Å². The summed E-state index contributed by atoms with van der Waals surface area (Å²) >= 11 is 5.15. The zero-order valence-corrected chi connectivity index (χ0v) is 6.45. The van der Waals surface area contributed by atoms with Gasteiger partial charge in [0.1, 0.15) is 0 Å². The molecule has 0 aliphatic heterocycles. The van der Waals surface area contributed by atoms with E-state index in [4.69, 9.17) is 17.3 Å². The fraction of sp³-hybridized carbons (Fsp3) is 0.167. The number of nitrogens with two attached hydrogens (primary N) is 1. The molecule has 1 aromatic rings. The van der Waals surface area contributed by atoms with Gasteiger partial charge in [-0.2, -0.15) is 0 Å². The topological polar surface area (TPSA) is 38.9 Å². The summed E-state index contributed by atoms with van der Waals surface area (Å²) in [6, 6.07) is 0. The summed E-state index contributed by atoms with van der Waals surface area (Å²) in [5.41, 5.74) is 3.76. The highest BCUT2D eigenvalue weighted by Gasteiger charge is 2.19. The van der Waals surface area contributed by atoms with Crippen molar-refractivity contribution >= 4 is 17.3 Å². The van der Waals surface area contributed by atoms with E-state index in [1.807, 2.05) is 0 Å². The quantitative estimate of drug-likeness (QED) is 0.701. The summed E-state index contributed by atoms with van der Waals surface area (Å²) in [6.45, 7) is 0. The summed E-state index contributed by atoms with van der Waals surface area (Å²) in [5.74, 6) is -1.26. The van der Waals surface area contributed by atoms with E-state index in [1.165, 1.54) is 0 Å². The Balaban J connectivity index is 3.33. The van der Waals surface area contributed by atoms with Gasteiger partial charge in [0, 0.05) is 0 Å². The molecule has 0 unspecified atom stereocenters. The van der Waals surface area contributed by atoms with E-state index < -0.39 is 28.6 Å². The predicted octanol–water partition coefficient (Wildman–Crippen LogP) is 2.39. The Morgan fingerprint density at radius 3 is 2.50 bits per heavy atom. The molecular formula is C6H4ClF3N2. The molecule has 2 nitrogen and oxygen atoms in total. The van der Waals surface area contributed by atoms with E-state index in [-0.39, 0.29) is 0 Å². The van der Waals surface area contributed by atoms with E-state index >= 15 is 0 Å². The summed E-state index contributed by atoms with van der Waals surface area (Å²) in [7, 11) is 0. The second-order valence-corrected chi connectivity index (χ2v) is 2.39. The molecule has 0 aliphatic rings. The Labute approximate surface area is 71.2 Å². The minimum absolute atomic E-state index is 0.396. The van der Waals surface area contributed by atoms with Crippen LogP contribution in [0.5, 0.6) is 0 Å². The molecule has 1 heterocycles. The summed E-state index contributed by atoms with van der Waals surface area (Å²) in [4.78, 5) is 3.25. The lowest BCUT2D eigenvalue weighted by Crippen LogP contribution is -2.00. The van der Waals surface area contributed by atoms with Gasteiger partial charge in [0.2, 0.25) is 0 Å². The Morgan fingerprint density at radius 1 is 1.50 bits per heavy atom. The number of nitrogen functional groups attached to an aromatic ring is 1. The molecule has 0 amide bonds. The van der Waals surface area contributed by atoms with Gasteiger partial charge in [-0.15, -0.1) is 0 Å². The first kappa shape index (κ1) is 9.12. The molecule has 66 valence electrons. The lowest BCUT2D eigenvalue weighted by atomic mass is 10.2. The molecule has 0 fully saturated rings. The number of nitrogens with zero attached hydrogens (tertiary/aromatic N) is 1. The van der Waals surface area contributed by atoms with Gasteiger partial charge in [-0.05, 0) is 0 Å². The largest absolute Gasteiger partial charge is 0.397 e. The van der Waals surface area contributed by atoms with Gasteiger partial charge in [0.05, 0.1) is 17.4 Å². The second-order valence-electron chi connectivity index (χ2n) is 2.03. The maximum absolute atomic E-state index is 12.8. The van der Waals surface area contributed by atoms with Crippen molar-refractivity contribution in [3.8, 4) is 0 Å². The molecule has 12 heavy (non-hydrogen) atoms. The fourth-order valence-electron chi connectivity index (χ4n) is 0.712. The minimum atomic E-state index is -2.98. The molecule has 1 rings (SSSR count). The average Bonchev–Trinajstić information content (AvgIpc) is 1.97. The SMILES string of the molecule is Nc1cnc(Cl)c(F)c1C(F)F. The van der Waals surface area contributed by atoms with Crippen LogP contribution in [0.4, 0.5) is 18.9 Å². The van der Waals surface area contributed by atoms with Gasteiger partial charge in [0.25, 0.3) is 6.43 Å². The minimum Gasteiger partial charge on any atom is -0.397 e. The summed E-state index contributed by atoms with van der Waals surface area (Å²) < 4.78 is 36.9. The summed E-state index contributed by atoms with van der Waals surface area (Å²) in [5, 5.41) is -0.598. The third-order valence-corrected chi connectivity index (χ3v) is 1.53. The molecule has 0 saturated heterocycles. The van der Waals surface area contributed by atoms with Crippen LogP contribution < -0.4 is 5.73 Å². The molecule has 0 atom stereocenters. The van der Waals surface area contributed by atoms with Crippen LogP contribution in [0.2, 0.25) is 5.15 Å². The Morgan fingerprint density at radius 2 is 2.08 bits per heavy atom. The van der Waals surface area contributed by atoms with Crippen LogP contribution in [0.15, 0.2) is 6.20 Å². The van der Waals surface area contributed by atoms with E-state index in [0.29, 0.717) is 0 Å². The monoisotopic (exact) mass is 196 g/mol. The van der Waals surface area contributed by atoms with Gasteiger partial charge in [0.15, 0.2) is 11.0 Å². The molecule has 0 aliphatic carbocycles. The third kappa shape index (κ3) is 1.45. The van der Waals surface area contributed by atoms with Crippen LogP contribution in [0.25, 0.3) is 0 Å². The molecule has 6 heteroatoms. The van der Waals surface area contributed by atoms with Crippen LogP contribution in [0.3, 0.4) is 0 Å². The van der Waals surface area contributed by atoms with Gasteiger partial charge < -0.3 is 5.73 Å². The van der Waals surface area contributed by atoms with E-state index in [0.717, 1.165) is 6.20 Å². The van der Waals surface area contributed by atoms with Crippen LogP contribution in [-0.2, 0) is 0 Å². The number of rotatable bonds is 1. The number of aromatic nitrogens is 1. The number of halogens is 4.